The third-order valence-electron chi connectivity index (χ3n) is 1.89. The molecule has 1 rings (SSSR count). The van der Waals surface area contributed by atoms with E-state index in [0.29, 0.717) is 12.5 Å². The van der Waals surface area contributed by atoms with Gasteiger partial charge in [0, 0.05) is 13.0 Å². The molecule has 0 amide bonds. The molecule has 0 saturated carbocycles. The van der Waals surface area contributed by atoms with E-state index in [1.165, 1.54) is 0 Å². The van der Waals surface area contributed by atoms with Gasteiger partial charge >= 0.3 is 0 Å². The number of hydrogen-bond acceptors (Lipinski definition) is 3. The van der Waals surface area contributed by atoms with Gasteiger partial charge in [-0.15, -0.1) is 5.10 Å². The summed E-state index contributed by atoms with van der Waals surface area (Å²) in [5.41, 5.74) is 6.58. The second-order valence-corrected chi connectivity index (χ2v) is 3.62. The summed E-state index contributed by atoms with van der Waals surface area (Å²) in [6.45, 7) is 2.81. The SMILES string of the molecule is CC(CCN)c1c(Br)nnn1C. The molecule has 0 aromatic carbocycles. The second kappa shape index (κ2) is 4.00. The highest BCUT2D eigenvalue weighted by Gasteiger charge is 2.14. The minimum absolute atomic E-state index is 0.407. The molecule has 0 fully saturated rings. The van der Waals surface area contributed by atoms with E-state index in [-0.39, 0.29) is 0 Å². The Balaban J connectivity index is 2.85. The lowest BCUT2D eigenvalue weighted by Gasteiger charge is -2.09. The van der Waals surface area contributed by atoms with Crippen molar-refractivity contribution in [1.82, 2.24) is 15.0 Å². The van der Waals surface area contributed by atoms with Crippen molar-refractivity contribution in [2.75, 3.05) is 6.54 Å². The van der Waals surface area contributed by atoms with Crippen molar-refractivity contribution in [3.63, 3.8) is 0 Å². The van der Waals surface area contributed by atoms with Crippen LogP contribution in [0.1, 0.15) is 25.0 Å². The molecule has 0 aliphatic carbocycles. The molecule has 0 radical (unpaired) electrons. The van der Waals surface area contributed by atoms with Gasteiger partial charge in [0.15, 0.2) is 4.60 Å². The fourth-order valence-corrected chi connectivity index (χ4v) is 1.97. The van der Waals surface area contributed by atoms with Gasteiger partial charge < -0.3 is 5.73 Å². The zero-order valence-corrected chi connectivity index (χ0v) is 8.87. The maximum Gasteiger partial charge on any atom is 0.151 e. The van der Waals surface area contributed by atoms with Crippen LogP contribution in [0.25, 0.3) is 0 Å². The number of rotatable bonds is 3. The molecule has 4 nitrogen and oxygen atoms in total. The van der Waals surface area contributed by atoms with E-state index in [1.807, 2.05) is 7.05 Å². The summed E-state index contributed by atoms with van der Waals surface area (Å²) in [5.74, 6) is 0.407. The highest BCUT2D eigenvalue weighted by atomic mass is 79.9. The molecule has 1 aromatic heterocycles. The maximum atomic E-state index is 5.47. The number of aromatic nitrogens is 3. The third-order valence-corrected chi connectivity index (χ3v) is 2.46. The molecule has 0 spiro atoms. The lowest BCUT2D eigenvalue weighted by atomic mass is 10.1. The van der Waals surface area contributed by atoms with E-state index in [4.69, 9.17) is 5.73 Å². The standard InChI is InChI=1S/C7H13BrN4/c1-5(3-4-9)6-7(8)10-11-12(6)2/h5H,3-4,9H2,1-2H3. The van der Waals surface area contributed by atoms with E-state index in [0.717, 1.165) is 16.7 Å². The first-order valence-electron chi connectivity index (χ1n) is 3.92. The molecule has 1 heterocycles. The van der Waals surface area contributed by atoms with E-state index in [9.17, 15) is 0 Å². The maximum absolute atomic E-state index is 5.47. The van der Waals surface area contributed by atoms with Crippen molar-refractivity contribution >= 4 is 15.9 Å². The summed E-state index contributed by atoms with van der Waals surface area (Å²) < 4.78 is 2.61. The van der Waals surface area contributed by atoms with Crippen LogP contribution in [-0.4, -0.2) is 21.5 Å². The van der Waals surface area contributed by atoms with Gasteiger partial charge in [-0.2, -0.15) is 0 Å². The van der Waals surface area contributed by atoms with E-state index >= 15 is 0 Å². The molecule has 1 aromatic rings. The molecule has 0 aliphatic heterocycles. The van der Waals surface area contributed by atoms with Crippen molar-refractivity contribution in [3.05, 3.63) is 10.3 Å². The summed E-state index contributed by atoms with van der Waals surface area (Å²) in [5, 5.41) is 7.81. The summed E-state index contributed by atoms with van der Waals surface area (Å²) in [7, 11) is 1.89. The van der Waals surface area contributed by atoms with Gasteiger partial charge in [-0.25, -0.2) is 0 Å². The third kappa shape index (κ3) is 1.84. The Morgan fingerprint density at radius 1 is 1.67 bits per heavy atom. The van der Waals surface area contributed by atoms with Crippen LogP contribution in [0.2, 0.25) is 0 Å². The van der Waals surface area contributed by atoms with Gasteiger partial charge in [0.05, 0.1) is 5.69 Å². The van der Waals surface area contributed by atoms with Crippen LogP contribution in [0.3, 0.4) is 0 Å². The minimum Gasteiger partial charge on any atom is -0.330 e. The number of hydrogen-bond donors (Lipinski definition) is 1. The number of aryl methyl sites for hydroxylation is 1. The first kappa shape index (κ1) is 9.67. The minimum atomic E-state index is 0.407. The van der Waals surface area contributed by atoms with Crippen molar-refractivity contribution in [3.8, 4) is 0 Å². The average molecular weight is 233 g/mol. The van der Waals surface area contributed by atoms with Gasteiger partial charge in [-0.05, 0) is 28.9 Å². The molecule has 2 N–H and O–H groups in total. The lowest BCUT2D eigenvalue weighted by molar-refractivity contribution is 0.598. The molecule has 12 heavy (non-hydrogen) atoms. The Hall–Kier alpha value is -0.420. The van der Waals surface area contributed by atoms with Crippen molar-refractivity contribution in [2.45, 2.75) is 19.3 Å². The summed E-state index contributed by atoms with van der Waals surface area (Å²) in [6.07, 6.45) is 0.958. The Bertz CT molecular complexity index is 238. The molecule has 0 aliphatic rings. The molecule has 1 atom stereocenters. The van der Waals surface area contributed by atoms with Gasteiger partial charge in [0.2, 0.25) is 0 Å². The van der Waals surface area contributed by atoms with Crippen LogP contribution in [0.4, 0.5) is 0 Å². The lowest BCUT2D eigenvalue weighted by Crippen LogP contribution is -2.08. The van der Waals surface area contributed by atoms with Gasteiger partial charge in [-0.1, -0.05) is 12.1 Å². The monoisotopic (exact) mass is 232 g/mol. The van der Waals surface area contributed by atoms with Crippen molar-refractivity contribution in [2.24, 2.45) is 12.8 Å². The fraction of sp³-hybridized carbons (Fsp3) is 0.714. The van der Waals surface area contributed by atoms with E-state index < -0.39 is 0 Å². The summed E-state index contributed by atoms with van der Waals surface area (Å²) in [4.78, 5) is 0. The topological polar surface area (TPSA) is 56.7 Å². The van der Waals surface area contributed by atoms with Crippen molar-refractivity contribution < 1.29 is 0 Å². The normalized spacial score (nSPS) is 13.3. The smallest absolute Gasteiger partial charge is 0.151 e. The largest absolute Gasteiger partial charge is 0.330 e. The molecule has 0 bridgehead atoms. The fourth-order valence-electron chi connectivity index (χ4n) is 1.25. The molecular weight excluding hydrogens is 220 g/mol. The number of nitrogens with two attached hydrogens (primary N) is 1. The van der Waals surface area contributed by atoms with Gasteiger partial charge in [0.1, 0.15) is 0 Å². The van der Waals surface area contributed by atoms with Gasteiger partial charge in [-0.3, -0.25) is 4.68 Å². The Kier molecular flexibility index (Phi) is 3.22. The van der Waals surface area contributed by atoms with Crippen LogP contribution >= 0.6 is 15.9 Å². The Labute approximate surface area is 80.3 Å². The predicted octanol–water partition coefficient (Wildman–Crippen LogP) is 1.03. The summed E-state index contributed by atoms with van der Waals surface area (Å²) in [6, 6.07) is 0. The predicted molar refractivity (Wildman–Crippen MR) is 50.8 cm³/mol. The molecular formula is C7H13BrN4. The highest BCUT2D eigenvalue weighted by molar-refractivity contribution is 9.10. The molecule has 5 heteroatoms. The first-order chi connectivity index (χ1) is 5.66. The summed E-state index contributed by atoms with van der Waals surface area (Å²) >= 11 is 3.35. The first-order valence-corrected chi connectivity index (χ1v) is 4.71. The van der Waals surface area contributed by atoms with Crippen LogP contribution in [0.5, 0.6) is 0 Å². The Morgan fingerprint density at radius 2 is 2.33 bits per heavy atom. The van der Waals surface area contributed by atoms with Crippen molar-refractivity contribution in [1.29, 1.82) is 0 Å². The van der Waals surface area contributed by atoms with Crippen LogP contribution in [0.15, 0.2) is 4.60 Å². The average Bonchev–Trinajstić information content (AvgIpc) is 2.32. The van der Waals surface area contributed by atoms with Crippen LogP contribution < -0.4 is 5.73 Å². The second-order valence-electron chi connectivity index (χ2n) is 2.87. The van der Waals surface area contributed by atoms with Crippen LogP contribution in [0, 0.1) is 0 Å². The van der Waals surface area contributed by atoms with Crippen LogP contribution in [-0.2, 0) is 7.05 Å². The number of halogens is 1. The highest BCUT2D eigenvalue weighted by Crippen LogP contribution is 2.23. The van der Waals surface area contributed by atoms with E-state index in [2.05, 4.69) is 33.2 Å². The zero-order valence-electron chi connectivity index (χ0n) is 7.29. The van der Waals surface area contributed by atoms with Gasteiger partial charge in [0.25, 0.3) is 0 Å². The quantitative estimate of drug-likeness (QED) is 0.848. The molecule has 1 unspecified atom stereocenters. The Morgan fingerprint density at radius 3 is 2.75 bits per heavy atom. The molecule has 0 saturated heterocycles. The zero-order chi connectivity index (χ0) is 9.14. The molecule has 68 valence electrons. The van der Waals surface area contributed by atoms with E-state index in [1.54, 1.807) is 4.68 Å². The number of nitrogens with zero attached hydrogens (tertiary/aromatic N) is 3.